The van der Waals surface area contributed by atoms with Crippen molar-refractivity contribution in [3.05, 3.63) is 0 Å². The third-order valence-electron chi connectivity index (χ3n) is 2.61. The number of rotatable bonds is 11. The van der Waals surface area contributed by atoms with Gasteiger partial charge in [0.05, 0.1) is 3.74 Å². The first-order valence-corrected chi connectivity index (χ1v) is 8.98. The van der Waals surface area contributed by atoms with Crippen molar-refractivity contribution >= 4 is 47.8 Å². The molecule has 1 nitrogen and oxygen atoms in total. The molecule has 16 heavy (non-hydrogen) atoms. The Morgan fingerprint density at radius 2 is 1.00 bits per heavy atom. The molecule has 0 fully saturated rings. The summed E-state index contributed by atoms with van der Waals surface area (Å²) in [6.07, 6.45) is 12.6. The molecule has 0 radical (unpaired) electrons. The maximum atomic E-state index is 9.01. The molecule has 0 bridgehead atoms. The zero-order valence-electron chi connectivity index (χ0n) is 9.81. The van der Waals surface area contributed by atoms with E-state index in [1.54, 1.807) is 0 Å². The van der Waals surface area contributed by atoms with E-state index >= 15 is 0 Å². The third kappa shape index (κ3) is 15.4. The molecule has 0 aromatic heterocycles. The highest BCUT2D eigenvalue weighted by molar-refractivity contribution is 9.24. The van der Waals surface area contributed by atoms with Crippen LogP contribution in [0.5, 0.6) is 0 Å². The van der Waals surface area contributed by atoms with Crippen molar-refractivity contribution in [2.75, 3.05) is 0 Å². The summed E-state index contributed by atoms with van der Waals surface area (Å²) in [5.74, 6) is 0. The Morgan fingerprint density at radius 3 is 1.38 bits per heavy atom. The van der Waals surface area contributed by atoms with Gasteiger partial charge in [0, 0.05) is 0 Å². The first-order chi connectivity index (χ1) is 7.63. The van der Waals surface area contributed by atoms with Crippen LogP contribution in [0.1, 0.15) is 64.2 Å². The van der Waals surface area contributed by atoms with Gasteiger partial charge in [0.25, 0.3) is 0 Å². The standard InChI is InChI=1S/C12H23Br3O/c13-11(14)9-7-5-3-1-2-4-6-8-10-12(15)16/h11-12,16H,1-10H2. The molecule has 1 unspecified atom stereocenters. The average molecular weight is 423 g/mol. The molecule has 0 saturated heterocycles. The summed E-state index contributed by atoms with van der Waals surface area (Å²) in [6.45, 7) is 0. The molecule has 0 aliphatic heterocycles. The summed E-state index contributed by atoms with van der Waals surface area (Å²) < 4.78 is 0.496. The van der Waals surface area contributed by atoms with E-state index in [9.17, 15) is 0 Å². The molecule has 0 aliphatic carbocycles. The molecule has 0 amide bonds. The molecule has 1 N–H and O–H groups in total. The highest BCUT2D eigenvalue weighted by atomic mass is 79.9. The van der Waals surface area contributed by atoms with Crippen molar-refractivity contribution in [1.82, 2.24) is 0 Å². The van der Waals surface area contributed by atoms with Crippen LogP contribution >= 0.6 is 47.8 Å². The molecular weight excluding hydrogens is 400 g/mol. The van der Waals surface area contributed by atoms with Gasteiger partial charge in [-0.1, -0.05) is 92.7 Å². The van der Waals surface area contributed by atoms with Crippen LogP contribution in [-0.2, 0) is 0 Å². The van der Waals surface area contributed by atoms with Crippen LogP contribution in [0.3, 0.4) is 0 Å². The molecule has 0 rings (SSSR count). The molecule has 0 heterocycles. The quantitative estimate of drug-likeness (QED) is 0.333. The summed E-state index contributed by atoms with van der Waals surface area (Å²) in [5.41, 5.74) is 0. The highest BCUT2D eigenvalue weighted by Gasteiger charge is 1.98. The molecule has 0 aromatic rings. The highest BCUT2D eigenvalue weighted by Crippen LogP contribution is 2.18. The fourth-order valence-electron chi connectivity index (χ4n) is 1.67. The van der Waals surface area contributed by atoms with Crippen LogP contribution in [0.15, 0.2) is 0 Å². The number of unbranched alkanes of at least 4 members (excludes halogenated alkanes) is 7. The van der Waals surface area contributed by atoms with Crippen molar-refractivity contribution < 1.29 is 5.11 Å². The minimum absolute atomic E-state index is 0.297. The molecule has 4 heteroatoms. The molecular formula is C12H23Br3O. The Balaban J connectivity index is 2.93. The number of hydrogen-bond donors (Lipinski definition) is 1. The number of halogens is 3. The van der Waals surface area contributed by atoms with Gasteiger partial charge >= 0.3 is 0 Å². The van der Waals surface area contributed by atoms with E-state index in [0.717, 1.165) is 12.8 Å². The van der Waals surface area contributed by atoms with Crippen molar-refractivity contribution in [2.45, 2.75) is 73.0 Å². The smallest absolute Gasteiger partial charge is 0.109 e. The minimum Gasteiger partial charge on any atom is -0.382 e. The third-order valence-corrected chi connectivity index (χ3v) is 3.99. The lowest BCUT2D eigenvalue weighted by atomic mass is 10.1. The normalized spacial score (nSPS) is 13.3. The SMILES string of the molecule is OC(Br)CCCCCCCCCCC(Br)Br. The van der Waals surface area contributed by atoms with E-state index in [1.165, 1.54) is 51.4 Å². The van der Waals surface area contributed by atoms with Gasteiger partial charge in [0.15, 0.2) is 0 Å². The Hall–Kier alpha value is 1.40. The van der Waals surface area contributed by atoms with Gasteiger partial charge in [0.1, 0.15) is 5.01 Å². The van der Waals surface area contributed by atoms with Gasteiger partial charge in [-0.05, 0) is 19.3 Å². The topological polar surface area (TPSA) is 20.2 Å². The van der Waals surface area contributed by atoms with Gasteiger partial charge in [-0.2, -0.15) is 0 Å². The summed E-state index contributed by atoms with van der Waals surface area (Å²) in [6, 6.07) is 0. The lowest BCUT2D eigenvalue weighted by molar-refractivity contribution is 0.254. The minimum atomic E-state index is -0.297. The molecule has 98 valence electrons. The lowest BCUT2D eigenvalue weighted by Crippen LogP contribution is -1.93. The van der Waals surface area contributed by atoms with Crippen LogP contribution in [0.25, 0.3) is 0 Å². The van der Waals surface area contributed by atoms with E-state index in [4.69, 9.17) is 5.11 Å². The van der Waals surface area contributed by atoms with Crippen LogP contribution in [0.2, 0.25) is 0 Å². The predicted octanol–water partition coefficient (Wildman–Crippen LogP) is 5.72. The van der Waals surface area contributed by atoms with E-state index in [2.05, 4.69) is 47.8 Å². The van der Waals surface area contributed by atoms with E-state index in [-0.39, 0.29) is 5.01 Å². The van der Waals surface area contributed by atoms with Gasteiger partial charge in [-0.3, -0.25) is 0 Å². The Labute approximate surface area is 125 Å². The van der Waals surface area contributed by atoms with Crippen LogP contribution < -0.4 is 0 Å². The van der Waals surface area contributed by atoms with Gasteiger partial charge in [0.2, 0.25) is 0 Å². The number of hydrogen-bond acceptors (Lipinski definition) is 1. The van der Waals surface area contributed by atoms with Gasteiger partial charge in [-0.25, -0.2) is 0 Å². The Kier molecular flexibility index (Phi) is 14.0. The van der Waals surface area contributed by atoms with Gasteiger partial charge < -0.3 is 5.11 Å². The monoisotopic (exact) mass is 420 g/mol. The fourth-order valence-corrected chi connectivity index (χ4v) is 2.64. The van der Waals surface area contributed by atoms with Crippen LogP contribution in [0, 0.1) is 0 Å². The number of aliphatic hydroxyl groups excluding tert-OH is 1. The lowest BCUT2D eigenvalue weighted by Gasteiger charge is -2.04. The maximum Gasteiger partial charge on any atom is 0.109 e. The van der Waals surface area contributed by atoms with Crippen molar-refractivity contribution in [3.63, 3.8) is 0 Å². The summed E-state index contributed by atoms with van der Waals surface area (Å²) >= 11 is 10.1. The molecule has 0 spiro atoms. The van der Waals surface area contributed by atoms with E-state index in [1.807, 2.05) is 0 Å². The molecule has 0 aliphatic rings. The second-order valence-electron chi connectivity index (χ2n) is 4.23. The van der Waals surface area contributed by atoms with Gasteiger partial charge in [-0.15, -0.1) is 0 Å². The summed E-state index contributed by atoms with van der Waals surface area (Å²) in [5, 5.41) is 8.71. The van der Waals surface area contributed by atoms with Crippen LogP contribution in [0.4, 0.5) is 0 Å². The van der Waals surface area contributed by atoms with Crippen molar-refractivity contribution in [2.24, 2.45) is 0 Å². The second kappa shape index (κ2) is 12.8. The summed E-state index contributed by atoms with van der Waals surface area (Å²) in [4.78, 5) is 0. The maximum absolute atomic E-state index is 9.01. The summed E-state index contributed by atoms with van der Waals surface area (Å²) in [7, 11) is 0. The largest absolute Gasteiger partial charge is 0.382 e. The predicted molar refractivity (Wildman–Crippen MR) is 82.7 cm³/mol. The Morgan fingerprint density at radius 1 is 0.625 bits per heavy atom. The molecule has 0 saturated carbocycles. The number of alkyl halides is 3. The molecule has 0 aromatic carbocycles. The van der Waals surface area contributed by atoms with Crippen LogP contribution in [-0.4, -0.2) is 13.9 Å². The Bertz CT molecular complexity index is 124. The van der Waals surface area contributed by atoms with Crippen molar-refractivity contribution in [3.8, 4) is 0 Å². The van der Waals surface area contributed by atoms with E-state index in [0.29, 0.717) is 3.74 Å². The second-order valence-corrected chi connectivity index (χ2v) is 8.73. The first kappa shape index (κ1) is 17.4. The van der Waals surface area contributed by atoms with Crippen molar-refractivity contribution in [1.29, 1.82) is 0 Å². The molecule has 1 atom stereocenters. The zero-order chi connectivity index (χ0) is 12.2. The average Bonchev–Trinajstić information content (AvgIpc) is 2.20. The first-order valence-electron chi connectivity index (χ1n) is 6.23. The van der Waals surface area contributed by atoms with E-state index < -0.39 is 0 Å². The fraction of sp³-hybridized carbons (Fsp3) is 1.00. The zero-order valence-corrected chi connectivity index (χ0v) is 14.6. The number of aliphatic hydroxyl groups is 1.